The molecule has 0 saturated carbocycles. The number of pyridine rings is 1. The van der Waals surface area contributed by atoms with Gasteiger partial charge in [-0.15, -0.1) is 0 Å². The van der Waals surface area contributed by atoms with Crippen molar-refractivity contribution in [2.45, 2.75) is 25.2 Å². The van der Waals surface area contributed by atoms with Gasteiger partial charge in [-0.2, -0.15) is 13.8 Å². The fourth-order valence-corrected chi connectivity index (χ4v) is 2.10. The Labute approximate surface area is 143 Å². The molecule has 0 saturated heterocycles. The summed E-state index contributed by atoms with van der Waals surface area (Å²) in [5, 5.41) is 22.1. The van der Waals surface area contributed by atoms with Crippen molar-refractivity contribution in [2.75, 3.05) is 6.54 Å². The number of nitrogens with zero attached hydrogens (tertiary/aromatic N) is 1. The smallest absolute Gasteiger partial charge is 0.407 e. The average molecular weight is 352 g/mol. The molecule has 1 aromatic heterocycles. The number of aromatic nitrogens is 1. The summed E-state index contributed by atoms with van der Waals surface area (Å²) in [5.41, 5.74) is 0.507. The zero-order valence-electron chi connectivity index (χ0n) is 13.2. The molecule has 2 unspecified atom stereocenters. The van der Waals surface area contributed by atoms with Gasteiger partial charge in [-0.05, 0) is 24.1 Å². The van der Waals surface area contributed by atoms with E-state index in [-0.39, 0.29) is 25.1 Å². The van der Waals surface area contributed by atoms with Crippen LogP contribution in [0.15, 0.2) is 42.5 Å². The Morgan fingerprint density at radius 1 is 1.16 bits per heavy atom. The average Bonchev–Trinajstić information content (AvgIpc) is 2.60. The van der Waals surface area contributed by atoms with Gasteiger partial charge in [-0.1, -0.05) is 30.3 Å². The van der Waals surface area contributed by atoms with Gasteiger partial charge in [0.05, 0.1) is 6.10 Å². The van der Waals surface area contributed by atoms with Crippen molar-refractivity contribution in [1.29, 1.82) is 0 Å². The van der Waals surface area contributed by atoms with Crippen LogP contribution in [0, 0.1) is 11.9 Å². The number of alkyl carbamates (subject to hydrolysis) is 1. The highest BCUT2D eigenvalue weighted by Crippen LogP contribution is 2.20. The quantitative estimate of drug-likeness (QED) is 0.664. The molecule has 2 rings (SSSR count). The van der Waals surface area contributed by atoms with E-state index in [2.05, 4.69) is 10.3 Å². The summed E-state index contributed by atoms with van der Waals surface area (Å²) in [6, 6.07) is 11.0. The van der Waals surface area contributed by atoms with Crippen molar-refractivity contribution in [3.8, 4) is 0 Å². The Balaban J connectivity index is 1.74. The molecule has 0 fully saturated rings. The molecule has 0 aliphatic carbocycles. The number of rotatable bonds is 7. The Morgan fingerprint density at radius 3 is 2.56 bits per heavy atom. The predicted octanol–water partition coefficient (Wildman–Crippen LogP) is 2.07. The third kappa shape index (κ3) is 5.77. The maximum Gasteiger partial charge on any atom is 0.407 e. The summed E-state index contributed by atoms with van der Waals surface area (Å²) >= 11 is 0. The van der Waals surface area contributed by atoms with E-state index in [0.29, 0.717) is 0 Å². The first kappa shape index (κ1) is 18.8. The van der Waals surface area contributed by atoms with Gasteiger partial charge >= 0.3 is 6.09 Å². The molecule has 0 bridgehead atoms. The summed E-state index contributed by atoms with van der Waals surface area (Å²) in [4.78, 5) is 14.5. The molecule has 25 heavy (non-hydrogen) atoms. The van der Waals surface area contributed by atoms with Gasteiger partial charge in [-0.25, -0.2) is 4.79 Å². The third-order valence-electron chi connectivity index (χ3n) is 3.45. The Morgan fingerprint density at radius 2 is 1.88 bits per heavy atom. The fraction of sp³-hybridized carbons (Fsp3) is 0.294. The Bertz CT molecular complexity index is 700. The van der Waals surface area contributed by atoms with Crippen molar-refractivity contribution < 1.29 is 28.5 Å². The molecule has 1 heterocycles. The second kappa shape index (κ2) is 9.05. The second-order valence-electron chi connectivity index (χ2n) is 5.30. The van der Waals surface area contributed by atoms with Crippen LogP contribution in [0.4, 0.5) is 13.6 Å². The molecule has 0 aliphatic rings. The number of benzene rings is 1. The lowest BCUT2D eigenvalue weighted by molar-refractivity contribution is 0.0110. The van der Waals surface area contributed by atoms with E-state index >= 15 is 0 Å². The van der Waals surface area contributed by atoms with Crippen molar-refractivity contribution in [3.05, 3.63) is 65.5 Å². The Kier molecular flexibility index (Phi) is 6.79. The van der Waals surface area contributed by atoms with Crippen LogP contribution in [0.5, 0.6) is 0 Å². The summed E-state index contributed by atoms with van der Waals surface area (Å²) < 4.78 is 31.2. The first-order valence-corrected chi connectivity index (χ1v) is 7.60. The molecule has 0 radical (unpaired) electrons. The number of amides is 1. The SMILES string of the molecule is O=C(NCCC(O)C(O)c1ccc(F)nc1F)OCc1ccccc1. The number of aliphatic hydroxyl groups is 2. The largest absolute Gasteiger partial charge is 0.445 e. The van der Waals surface area contributed by atoms with Gasteiger partial charge in [0.2, 0.25) is 11.9 Å². The van der Waals surface area contributed by atoms with E-state index in [1.807, 2.05) is 18.2 Å². The van der Waals surface area contributed by atoms with Crippen LogP contribution in [0.3, 0.4) is 0 Å². The first-order chi connectivity index (χ1) is 12.0. The van der Waals surface area contributed by atoms with Crippen LogP contribution in [-0.4, -0.2) is 33.9 Å². The summed E-state index contributed by atoms with van der Waals surface area (Å²) in [7, 11) is 0. The predicted molar refractivity (Wildman–Crippen MR) is 84.4 cm³/mol. The number of hydrogen-bond acceptors (Lipinski definition) is 5. The van der Waals surface area contributed by atoms with E-state index in [0.717, 1.165) is 17.7 Å². The molecule has 134 valence electrons. The van der Waals surface area contributed by atoms with E-state index in [4.69, 9.17) is 4.74 Å². The topological polar surface area (TPSA) is 91.7 Å². The van der Waals surface area contributed by atoms with Gasteiger partial charge in [0.15, 0.2) is 0 Å². The van der Waals surface area contributed by atoms with Crippen LogP contribution < -0.4 is 5.32 Å². The van der Waals surface area contributed by atoms with Crippen molar-refractivity contribution in [2.24, 2.45) is 0 Å². The van der Waals surface area contributed by atoms with Crippen LogP contribution in [-0.2, 0) is 11.3 Å². The zero-order valence-corrected chi connectivity index (χ0v) is 13.2. The summed E-state index contributed by atoms with van der Waals surface area (Å²) in [6.45, 7) is 0.104. The summed E-state index contributed by atoms with van der Waals surface area (Å²) in [5.74, 6) is -2.22. The molecule has 1 amide bonds. The van der Waals surface area contributed by atoms with Crippen LogP contribution in [0.25, 0.3) is 0 Å². The van der Waals surface area contributed by atoms with Gasteiger partial charge in [0.1, 0.15) is 12.7 Å². The van der Waals surface area contributed by atoms with E-state index in [9.17, 15) is 23.8 Å². The lowest BCUT2D eigenvalue weighted by atomic mass is 10.0. The second-order valence-corrected chi connectivity index (χ2v) is 5.30. The molecule has 0 aliphatic heterocycles. The fourth-order valence-electron chi connectivity index (χ4n) is 2.10. The number of ether oxygens (including phenoxy) is 1. The maximum absolute atomic E-state index is 13.5. The first-order valence-electron chi connectivity index (χ1n) is 7.60. The van der Waals surface area contributed by atoms with Gasteiger partial charge in [0.25, 0.3) is 0 Å². The number of hydrogen-bond donors (Lipinski definition) is 3. The molecule has 1 aromatic carbocycles. The molecule has 2 aromatic rings. The number of halogens is 2. The number of aliphatic hydroxyl groups excluding tert-OH is 2. The highest BCUT2D eigenvalue weighted by atomic mass is 19.1. The van der Waals surface area contributed by atoms with E-state index < -0.39 is 30.2 Å². The highest BCUT2D eigenvalue weighted by molar-refractivity contribution is 5.67. The molecular formula is C17H18F2N2O4. The lowest BCUT2D eigenvalue weighted by Gasteiger charge is -2.18. The standard InChI is InChI=1S/C17H18F2N2O4/c18-14-7-6-12(16(19)21-14)15(23)13(22)8-9-20-17(24)25-10-11-4-2-1-3-5-11/h1-7,13,15,22-23H,8-10H2,(H,20,24). The molecule has 2 atom stereocenters. The Hall–Kier alpha value is -2.58. The van der Waals surface area contributed by atoms with E-state index in [1.165, 1.54) is 0 Å². The summed E-state index contributed by atoms with van der Waals surface area (Å²) in [6.07, 6.45) is -3.69. The minimum absolute atomic E-state index is 0.00208. The van der Waals surface area contributed by atoms with Crippen LogP contribution >= 0.6 is 0 Å². The van der Waals surface area contributed by atoms with Crippen LogP contribution in [0.1, 0.15) is 23.7 Å². The van der Waals surface area contributed by atoms with Gasteiger partial charge in [-0.3, -0.25) is 0 Å². The van der Waals surface area contributed by atoms with Crippen LogP contribution in [0.2, 0.25) is 0 Å². The number of carbonyl (C=O) groups excluding carboxylic acids is 1. The molecule has 3 N–H and O–H groups in total. The minimum Gasteiger partial charge on any atom is -0.445 e. The van der Waals surface area contributed by atoms with Gasteiger partial charge in [0, 0.05) is 12.1 Å². The maximum atomic E-state index is 13.5. The van der Waals surface area contributed by atoms with E-state index in [1.54, 1.807) is 12.1 Å². The third-order valence-corrected chi connectivity index (χ3v) is 3.45. The minimum atomic E-state index is -1.59. The normalized spacial score (nSPS) is 13.1. The molecule has 0 spiro atoms. The molecule has 6 nitrogen and oxygen atoms in total. The lowest BCUT2D eigenvalue weighted by Crippen LogP contribution is -2.30. The highest BCUT2D eigenvalue weighted by Gasteiger charge is 2.22. The number of carbonyl (C=O) groups is 1. The van der Waals surface area contributed by atoms with Crippen molar-refractivity contribution in [3.63, 3.8) is 0 Å². The van der Waals surface area contributed by atoms with Gasteiger partial charge < -0.3 is 20.3 Å². The number of nitrogens with one attached hydrogen (secondary N) is 1. The van der Waals surface area contributed by atoms with Crippen molar-refractivity contribution in [1.82, 2.24) is 10.3 Å². The monoisotopic (exact) mass is 352 g/mol. The molecule has 8 heteroatoms. The zero-order chi connectivity index (χ0) is 18.2. The molecular weight excluding hydrogens is 334 g/mol. The van der Waals surface area contributed by atoms with Crippen molar-refractivity contribution >= 4 is 6.09 Å².